The number of aryl methyl sites for hydroxylation is 1. The maximum absolute atomic E-state index is 15.2. The lowest BCUT2D eigenvalue weighted by atomic mass is 9.49. The molecule has 10 heteroatoms. The van der Waals surface area contributed by atoms with E-state index in [1.54, 1.807) is 30.3 Å². The number of hydrogen-bond acceptors (Lipinski definition) is 6. The minimum absolute atomic E-state index is 0.0395. The minimum Gasteiger partial charge on any atom is -0.508 e. The van der Waals surface area contributed by atoms with Gasteiger partial charge in [-0.15, -0.1) is 0 Å². The third kappa shape index (κ3) is 4.70. The molecule has 2 aliphatic carbocycles. The van der Waals surface area contributed by atoms with Crippen LogP contribution >= 0.6 is 27.5 Å². The molecule has 2 aliphatic heterocycles. The molecule has 246 valence electrons. The Hall–Kier alpha value is -4.73. The van der Waals surface area contributed by atoms with E-state index in [0.29, 0.717) is 28.9 Å². The second kappa shape index (κ2) is 11.7. The first-order valence-corrected chi connectivity index (χ1v) is 17.4. The Morgan fingerprint density at radius 2 is 1.57 bits per heavy atom. The van der Waals surface area contributed by atoms with Crippen molar-refractivity contribution in [2.75, 3.05) is 10.3 Å². The molecule has 0 radical (unpaired) electrons. The number of carbonyl (C=O) groups excluding carboxylic acids is 4. The van der Waals surface area contributed by atoms with Crippen LogP contribution in [0.2, 0.25) is 5.02 Å². The molecule has 8 rings (SSSR count). The number of amides is 4. The third-order valence-electron chi connectivity index (χ3n) is 10.8. The van der Waals surface area contributed by atoms with Gasteiger partial charge in [-0.05, 0) is 85.3 Å². The third-order valence-corrected chi connectivity index (χ3v) is 11.6. The summed E-state index contributed by atoms with van der Waals surface area (Å²) in [6.07, 6.45) is 2.46. The van der Waals surface area contributed by atoms with Crippen LogP contribution in [0.3, 0.4) is 0 Å². The second-order valence-corrected chi connectivity index (χ2v) is 14.6. The normalized spacial score (nSPS) is 27.5. The Bertz CT molecular complexity index is 2070. The van der Waals surface area contributed by atoms with Gasteiger partial charge in [0.2, 0.25) is 11.8 Å². The van der Waals surface area contributed by atoms with E-state index >= 15 is 4.79 Å². The van der Waals surface area contributed by atoms with Crippen molar-refractivity contribution >= 4 is 62.5 Å². The van der Waals surface area contributed by atoms with Crippen LogP contribution in [0.15, 0.2) is 113 Å². The Morgan fingerprint density at radius 3 is 2.27 bits per heavy atom. The molecule has 4 aromatic carbocycles. The number of anilines is 2. The van der Waals surface area contributed by atoms with Crippen molar-refractivity contribution in [1.82, 2.24) is 5.01 Å². The highest BCUT2D eigenvalue weighted by molar-refractivity contribution is 9.10. The summed E-state index contributed by atoms with van der Waals surface area (Å²) in [7, 11) is 0. The standard InChI is InChI=1S/C39H31BrClN3O5/c1-21-7-11-24(12-8-21)42-44-36(47)31-20-30-27(17-18-29-33(30)37(48)43(35(29)46)25-13-9-23(40)10-14-25)34(28-16-15-26(45)19-32(28)41)39(31,38(44)49)22-5-3-2-4-6-22/h2-17,19,29-31,33-34,42,45H,18,20H2,1H3/t29-,30+,31-,33-,34+,39+/m0/s1. The Kier molecular flexibility index (Phi) is 7.53. The largest absolute Gasteiger partial charge is 0.508 e. The van der Waals surface area contributed by atoms with E-state index in [1.165, 1.54) is 17.0 Å². The van der Waals surface area contributed by atoms with Crippen molar-refractivity contribution in [3.63, 3.8) is 0 Å². The van der Waals surface area contributed by atoms with Crippen LogP contribution in [0.25, 0.3) is 0 Å². The van der Waals surface area contributed by atoms with Crippen molar-refractivity contribution in [2.45, 2.75) is 31.1 Å². The van der Waals surface area contributed by atoms with Crippen LogP contribution in [0.5, 0.6) is 5.75 Å². The quantitative estimate of drug-likeness (QED) is 0.165. The Labute approximate surface area is 296 Å². The van der Waals surface area contributed by atoms with Crippen molar-refractivity contribution < 1.29 is 24.3 Å². The van der Waals surface area contributed by atoms with Gasteiger partial charge in [-0.3, -0.25) is 29.5 Å². The van der Waals surface area contributed by atoms with Gasteiger partial charge in [0.1, 0.15) is 5.75 Å². The van der Waals surface area contributed by atoms with Gasteiger partial charge in [-0.1, -0.05) is 93.3 Å². The smallest absolute Gasteiger partial charge is 0.260 e. The van der Waals surface area contributed by atoms with Gasteiger partial charge < -0.3 is 5.11 Å². The molecule has 0 unspecified atom stereocenters. The van der Waals surface area contributed by atoms with Crippen molar-refractivity contribution in [3.05, 3.63) is 135 Å². The fourth-order valence-corrected chi connectivity index (χ4v) is 9.23. The van der Waals surface area contributed by atoms with Gasteiger partial charge in [-0.25, -0.2) is 0 Å². The molecular formula is C39H31BrClN3O5. The number of halogens is 2. The molecule has 2 saturated heterocycles. The molecule has 4 amide bonds. The highest BCUT2D eigenvalue weighted by atomic mass is 79.9. The summed E-state index contributed by atoms with van der Waals surface area (Å²) >= 11 is 10.4. The summed E-state index contributed by atoms with van der Waals surface area (Å²) in [5, 5.41) is 11.7. The SMILES string of the molecule is Cc1ccc(NN2C(=O)[C@@H]3C[C@@H]4C(=CC[C@@H]5C(=O)N(c6ccc(Br)cc6)C(=O)[C@@H]54)[C@H](c4ccc(O)cc4Cl)[C@]3(c3ccccc3)C2=O)cc1. The van der Waals surface area contributed by atoms with Gasteiger partial charge >= 0.3 is 0 Å². The fourth-order valence-electron chi connectivity index (χ4n) is 8.69. The number of benzene rings is 4. The maximum Gasteiger partial charge on any atom is 0.260 e. The zero-order valence-electron chi connectivity index (χ0n) is 26.3. The number of allylic oxidation sites excluding steroid dienone is 2. The molecule has 49 heavy (non-hydrogen) atoms. The molecule has 6 atom stereocenters. The number of imide groups is 2. The fraction of sp³-hybridized carbons (Fsp3) is 0.231. The van der Waals surface area contributed by atoms with Crippen molar-refractivity contribution in [2.24, 2.45) is 23.7 Å². The number of phenolic OH excluding ortho intramolecular Hbond substituents is 1. The van der Waals surface area contributed by atoms with E-state index in [9.17, 15) is 19.5 Å². The zero-order valence-corrected chi connectivity index (χ0v) is 28.7. The van der Waals surface area contributed by atoms with E-state index in [4.69, 9.17) is 11.6 Å². The number of phenols is 1. The summed E-state index contributed by atoms with van der Waals surface area (Å²) in [5.74, 6) is -5.04. The first kappa shape index (κ1) is 31.5. The lowest BCUT2D eigenvalue weighted by Crippen LogP contribution is -2.53. The van der Waals surface area contributed by atoms with E-state index in [0.717, 1.165) is 20.6 Å². The molecule has 1 saturated carbocycles. The molecule has 0 aromatic heterocycles. The highest BCUT2D eigenvalue weighted by Gasteiger charge is 2.70. The molecule has 2 N–H and O–H groups in total. The molecule has 2 heterocycles. The van der Waals surface area contributed by atoms with E-state index < -0.39 is 46.8 Å². The average Bonchev–Trinajstić information content (AvgIpc) is 3.48. The first-order valence-electron chi connectivity index (χ1n) is 16.2. The minimum atomic E-state index is -1.44. The lowest BCUT2D eigenvalue weighted by molar-refractivity contribution is -0.138. The summed E-state index contributed by atoms with van der Waals surface area (Å²) in [5.41, 5.74) is 5.75. The van der Waals surface area contributed by atoms with Crippen LogP contribution < -0.4 is 10.3 Å². The topological polar surface area (TPSA) is 107 Å². The monoisotopic (exact) mass is 735 g/mol. The van der Waals surface area contributed by atoms with Crippen molar-refractivity contribution in [3.8, 4) is 5.75 Å². The van der Waals surface area contributed by atoms with Crippen molar-refractivity contribution in [1.29, 1.82) is 0 Å². The van der Waals surface area contributed by atoms with E-state index in [-0.39, 0.29) is 29.0 Å². The Balaban J connectivity index is 1.32. The van der Waals surface area contributed by atoms with Gasteiger partial charge in [0.05, 0.1) is 34.5 Å². The predicted octanol–water partition coefficient (Wildman–Crippen LogP) is 7.31. The number of nitrogens with zero attached hydrogens (tertiary/aromatic N) is 2. The second-order valence-electron chi connectivity index (χ2n) is 13.3. The number of hydrazine groups is 1. The summed E-state index contributed by atoms with van der Waals surface area (Å²) in [4.78, 5) is 59.5. The van der Waals surface area contributed by atoms with E-state index in [1.807, 2.05) is 67.6 Å². The average molecular weight is 737 g/mol. The van der Waals surface area contributed by atoms with Crippen LogP contribution in [0.1, 0.15) is 35.4 Å². The first-order chi connectivity index (χ1) is 23.6. The molecule has 0 bridgehead atoms. The number of hydrogen-bond donors (Lipinski definition) is 2. The molecule has 8 nitrogen and oxygen atoms in total. The molecule has 4 aromatic rings. The summed E-state index contributed by atoms with van der Waals surface area (Å²) < 4.78 is 0.822. The van der Waals surface area contributed by atoms with Crippen LogP contribution in [-0.2, 0) is 24.6 Å². The van der Waals surface area contributed by atoms with Gasteiger partial charge in [0.15, 0.2) is 0 Å². The van der Waals surface area contributed by atoms with Gasteiger partial charge in [0, 0.05) is 15.4 Å². The molecular weight excluding hydrogens is 706 g/mol. The number of carbonyl (C=O) groups is 4. The lowest BCUT2D eigenvalue weighted by Gasteiger charge is -2.50. The maximum atomic E-state index is 15.2. The summed E-state index contributed by atoms with van der Waals surface area (Å²) in [6, 6.07) is 28.4. The molecule has 4 aliphatic rings. The van der Waals surface area contributed by atoms with Crippen LogP contribution in [0, 0.1) is 30.6 Å². The van der Waals surface area contributed by atoms with E-state index in [2.05, 4.69) is 21.4 Å². The summed E-state index contributed by atoms with van der Waals surface area (Å²) in [6.45, 7) is 1.95. The van der Waals surface area contributed by atoms with Gasteiger partial charge in [-0.2, -0.15) is 5.01 Å². The highest BCUT2D eigenvalue weighted by Crippen LogP contribution is 2.64. The van der Waals surface area contributed by atoms with Crippen LogP contribution in [0.4, 0.5) is 11.4 Å². The number of nitrogens with one attached hydrogen (secondary N) is 1. The van der Waals surface area contributed by atoms with Crippen LogP contribution in [-0.4, -0.2) is 33.7 Å². The van der Waals surface area contributed by atoms with Gasteiger partial charge in [0.25, 0.3) is 11.8 Å². The predicted molar refractivity (Wildman–Crippen MR) is 189 cm³/mol. The number of rotatable bonds is 5. The number of aromatic hydroxyl groups is 1. The molecule has 0 spiro atoms. The Morgan fingerprint density at radius 1 is 0.857 bits per heavy atom. The zero-order chi connectivity index (χ0) is 34.2. The molecule has 3 fully saturated rings. The number of fused-ring (bicyclic) bond motifs is 4.